The summed E-state index contributed by atoms with van der Waals surface area (Å²) in [5.74, 6) is 0. The van der Waals surface area contributed by atoms with Gasteiger partial charge in [-0.15, -0.1) is 0 Å². The molecule has 0 bridgehead atoms. The number of rotatable bonds is 6. The molecule has 338 valence electrons. The van der Waals surface area contributed by atoms with Gasteiger partial charge in [0.1, 0.15) is 0 Å². The Balaban J connectivity index is 0.900. The van der Waals surface area contributed by atoms with E-state index < -0.39 is 0 Å². The maximum Gasteiger partial charge on any atom is 0.0467 e. The van der Waals surface area contributed by atoms with Crippen molar-refractivity contribution in [3.8, 4) is 33.4 Å². The minimum atomic E-state index is -0.216. The molecule has 5 aliphatic carbocycles. The highest BCUT2D eigenvalue weighted by Crippen LogP contribution is 2.59. The molecule has 0 saturated carbocycles. The van der Waals surface area contributed by atoms with Gasteiger partial charge in [0.15, 0.2) is 0 Å². The fourth-order valence-corrected chi connectivity index (χ4v) is 13.6. The molecule has 2 nitrogen and oxygen atoms in total. The van der Waals surface area contributed by atoms with Crippen molar-refractivity contribution in [3.63, 3.8) is 0 Å². The highest BCUT2D eigenvalue weighted by molar-refractivity contribution is 5.95. The molecule has 0 saturated heterocycles. The summed E-state index contributed by atoms with van der Waals surface area (Å²) in [7, 11) is 0. The smallest absolute Gasteiger partial charge is 0.0467 e. The maximum absolute atomic E-state index is 2.57. The van der Waals surface area contributed by atoms with Crippen molar-refractivity contribution >= 4 is 39.7 Å². The molecule has 0 heterocycles. The van der Waals surface area contributed by atoms with Crippen molar-refractivity contribution in [2.24, 2.45) is 0 Å². The van der Waals surface area contributed by atoms with Gasteiger partial charge in [-0.05, 0) is 194 Å². The SMILES string of the molecule is Cc1cc(N(c2ccccc2)c2ccc3c(c2)C(C)(C)c2ccccc2-3)cc2c1-c1cc3c(cc1C2(C)C)-c1ccc(N(c2ccccc2)c2ccc4c(c2)C(C)(C)C2=C4C=CCC2)cc1C3(C)C. The Morgan fingerprint density at radius 3 is 1.43 bits per heavy atom. The van der Waals surface area contributed by atoms with Crippen molar-refractivity contribution in [3.05, 3.63) is 232 Å². The van der Waals surface area contributed by atoms with Gasteiger partial charge in [0.2, 0.25) is 0 Å². The molecule has 0 radical (unpaired) electrons. The van der Waals surface area contributed by atoms with Gasteiger partial charge < -0.3 is 9.80 Å². The number of fused-ring (bicyclic) bond motifs is 11. The van der Waals surface area contributed by atoms with Crippen LogP contribution in [0.3, 0.4) is 0 Å². The standard InChI is InChI=1S/C67H60N2/c1-41-34-47(69(43-22-14-11-15-23-43)46-29-32-51-49-25-17-19-27-56(49)65(4,5)58(51)37-46)38-62-63(41)54-40-60-53(39-61(54)67(62,8)9)52-33-30-45(36-59(52)66(60,6)7)68(42-20-12-10-13-21-42)44-28-31-50-48-24-16-18-26-55(48)64(2,3)57(50)35-44/h10-17,19-25,27-40H,18,26H2,1-9H3. The largest absolute Gasteiger partial charge is 0.310 e. The molecule has 0 fully saturated rings. The van der Waals surface area contributed by atoms with Crippen LogP contribution in [0.15, 0.2) is 182 Å². The van der Waals surface area contributed by atoms with Crippen LogP contribution < -0.4 is 9.80 Å². The lowest BCUT2D eigenvalue weighted by atomic mass is 9.78. The fourth-order valence-electron chi connectivity index (χ4n) is 13.6. The van der Waals surface area contributed by atoms with Crippen LogP contribution >= 0.6 is 0 Å². The molecule has 0 amide bonds. The molecule has 69 heavy (non-hydrogen) atoms. The van der Waals surface area contributed by atoms with Gasteiger partial charge in [-0.3, -0.25) is 0 Å². The van der Waals surface area contributed by atoms with E-state index in [2.05, 4.69) is 248 Å². The molecule has 0 atom stereocenters. The molecule has 2 heteroatoms. The van der Waals surface area contributed by atoms with E-state index in [1.165, 1.54) is 117 Å². The minimum absolute atomic E-state index is 0.00346. The number of hydrogen-bond acceptors (Lipinski definition) is 2. The Labute approximate surface area is 409 Å². The van der Waals surface area contributed by atoms with E-state index in [0.717, 1.165) is 18.5 Å². The number of allylic oxidation sites excluding steroid dienone is 4. The van der Waals surface area contributed by atoms with Gasteiger partial charge in [-0.2, -0.15) is 0 Å². The number of benzene rings is 8. The van der Waals surface area contributed by atoms with Crippen molar-refractivity contribution in [2.75, 3.05) is 9.80 Å². The van der Waals surface area contributed by atoms with Gasteiger partial charge in [0, 0.05) is 55.8 Å². The summed E-state index contributed by atoms with van der Waals surface area (Å²) >= 11 is 0. The topological polar surface area (TPSA) is 6.48 Å². The van der Waals surface area contributed by atoms with Gasteiger partial charge in [-0.1, -0.05) is 152 Å². The highest BCUT2D eigenvalue weighted by Gasteiger charge is 2.44. The predicted molar refractivity (Wildman–Crippen MR) is 292 cm³/mol. The van der Waals surface area contributed by atoms with Crippen LogP contribution in [-0.4, -0.2) is 0 Å². The van der Waals surface area contributed by atoms with E-state index in [1.54, 1.807) is 5.57 Å². The zero-order valence-corrected chi connectivity index (χ0v) is 41.6. The second kappa shape index (κ2) is 14.4. The Hall–Kier alpha value is -7.16. The maximum atomic E-state index is 2.57. The molecule has 8 aromatic rings. The van der Waals surface area contributed by atoms with Crippen LogP contribution in [0.25, 0.3) is 39.0 Å². The summed E-state index contributed by atoms with van der Waals surface area (Å²) in [6.07, 6.45) is 6.97. The zero-order valence-electron chi connectivity index (χ0n) is 41.6. The first-order valence-corrected chi connectivity index (χ1v) is 25.1. The lowest BCUT2D eigenvalue weighted by molar-refractivity contribution is 0.607. The van der Waals surface area contributed by atoms with Gasteiger partial charge in [0.25, 0.3) is 0 Å². The van der Waals surface area contributed by atoms with E-state index in [0.29, 0.717) is 0 Å². The van der Waals surface area contributed by atoms with Gasteiger partial charge in [-0.25, -0.2) is 0 Å². The molecule has 0 aliphatic heterocycles. The normalized spacial score (nSPS) is 17.3. The lowest BCUT2D eigenvalue weighted by Crippen LogP contribution is -2.19. The molecular formula is C67H60N2. The summed E-state index contributed by atoms with van der Waals surface area (Å²) in [4.78, 5) is 4.96. The zero-order chi connectivity index (χ0) is 47.4. The molecule has 0 spiro atoms. The van der Waals surface area contributed by atoms with Gasteiger partial charge >= 0.3 is 0 Å². The summed E-state index contributed by atoms with van der Waals surface area (Å²) in [5.41, 5.74) is 30.2. The highest BCUT2D eigenvalue weighted by atomic mass is 15.1. The number of para-hydroxylation sites is 2. The molecule has 13 rings (SSSR count). The van der Waals surface area contributed by atoms with Crippen LogP contribution in [0, 0.1) is 6.92 Å². The van der Waals surface area contributed by atoms with Crippen molar-refractivity contribution < 1.29 is 0 Å². The number of nitrogens with zero attached hydrogens (tertiary/aromatic N) is 2. The molecule has 0 N–H and O–H groups in total. The Morgan fingerprint density at radius 1 is 0.348 bits per heavy atom. The second-order valence-corrected chi connectivity index (χ2v) is 22.5. The quantitative estimate of drug-likeness (QED) is 0.164. The van der Waals surface area contributed by atoms with Crippen LogP contribution in [0.2, 0.25) is 0 Å². The minimum Gasteiger partial charge on any atom is -0.310 e. The van der Waals surface area contributed by atoms with Crippen molar-refractivity contribution in [1.82, 2.24) is 0 Å². The van der Waals surface area contributed by atoms with E-state index in [1.807, 2.05) is 0 Å². The van der Waals surface area contributed by atoms with Crippen LogP contribution in [0.4, 0.5) is 34.1 Å². The average molecular weight is 893 g/mol. The number of hydrogen-bond donors (Lipinski definition) is 0. The van der Waals surface area contributed by atoms with Crippen LogP contribution in [-0.2, 0) is 21.7 Å². The first-order chi connectivity index (χ1) is 33.2. The molecule has 0 unspecified atom stereocenters. The molecular weight excluding hydrogens is 833 g/mol. The van der Waals surface area contributed by atoms with Crippen molar-refractivity contribution in [1.29, 1.82) is 0 Å². The van der Waals surface area contributed by atoms with Crippen LogP contribution in [0.5, 0.6) is 0 Å². The number of anilines is 6. The first kappa shape index (κ1) is 42.0. The second-order valence-electron chi connectivity index (χ2n) is 22.5. The predicted octanol–water partition coefficient (Wildman–Crippen LogP) is 18.2. The molecule has 5 aliphatic rings. The third kappa shape index (κ3) is 5.84. The molecule has 8 aromatic carbocycles. The van der Waals surface area contributed by atoms with Crippen molar-refractivity contribution in [2.45, 2.75) is 96.8 Å². The summed E-state index contributed by atoms with van der Waals surface area (Å²) in [5, 5.41) is 0. The summed E-state index contributed by atoms with van der Waals surface area (Å²) in [6.45, 7) is 21.7. The third-order valence-corrected chi connectivity index (χ3v) is 17.3. The van der Waals surface area contributed by atoms with E-state index in [9.17, 15) is 0 Å². The fraction of sp³-hybridized carbons (Fsp3) is 0.224. The Kier molecular flexibility index (Phi) is 8.78. The third-order valence-electron chi connectivity index (χ3n) is 17.3. The Bertz CT molecular complexity index is 3560. The van der Waals surface area contributed by atoms with E-state index >= 15 is 0 Å². The summed E-state index contributed by atoms with van der Waals surface area (Å²) in [6, 6.07) is 62.5. The van der Waals surface area contributed by atoms with E-state index in [-0.39, 0.29) is 21.7 Å². The van der Waals surface area contributed by atoms with Gasteiger partial charge in [0.05, 0.1) is 0 Å². The number of aryl methyl sites for hydroxylation is 1. The lowest BCUT2D eigenvalue weighted by Gasteiger charge is -2.30. The summed E-state index contributed by atoms with van der Waals surface area (Å²) < 4.78 is 0. The Morgan fingerprint density at radius 2 is 0.797 bits per heavy atom. The molecule has 0 aromatic heterocycles. The van der Waals surface area contributed by atoms with E-state index in [4.69, 9.17) is 0 Å². The first-order valence-electron chi connectivity index (χ1n) is 25.1. The van der Waals surface area contributed by atoms with Crippen LogP contribution in [0.1, 0.15) is 118 Å². The average Bonchev–Trinajstić information content (AvgIpc) is 3.91. The monoisotopic (exact) mass is 892 g/mol.